The molecule has 1 aromatic rings. The Labute approximate surface area is 114 Å². The summed E-state index contributed by atoms with van der Waals surface area (Å²) in [6, 6.07) is 6.24. The summed E-state index contributed by atoms with van der Waals surface area (Å²) in [6.45, 7) is 6.03. The summed E-state index contributed by atoms with van der Waals surface area (Å²) in [5.74, 6) is 1.47. The second-order valence-electron chi connectivity index (χ2n) is 4.69. The number of nitrogens with two attached hydrogens (primary N) is 1. The van der Waals surface area contributed by atoms with Crippen molar-refractivity contribution < 1.29 is 4.79 Å². The summed E-state index contributed by atoms with van der Waals surface area (Å²) in [6.07, 6.45) is 0.946. The minimum absolute atomic E-state index is 0.0524. The minimum Gasteiger partial charge on any atom is -0.328 e. The number of hydrogen-bond acceptors (Lipinski definition) is 3. The van der Waals surface area contributed by atoms with Crippen molar-refractivity contribution >= 4 is 23.4 Å². The maximum atomic E-state index is 11.7. The standard InChI is InChI=1S/C14H22N2OS/c1-10-4-5-13(11(2)8-10)16-14(17)9-18-7-6-12(3)15/h4-5,8,12H,6-7,9,15H2,1-3H3,(H,16,17). The third kappa shape index (κ3) is 5.56. The first-order valence-electron chi connectivity index (χ1n) is 6.19. The van der Waals surface area contributed by atoms with Crippen LogP contribution in [0.15, 0.2) is 18.2 Å². The van der Waals surface area contributed by atoms with Crippen molar-refractivity contribution in [2.45, 2.75) is 33.2 Å². The zero-order valence-electron chi connectivity index (χ0n) is 11.3. The second-order valence-corrected chi connectivity index (χ2v) is 5.79. The first-order valence-corrected chi connectivity index (χ1v) is 7.35. The number of amides is 1. The molecule has 0 fully saturated rings. The van der Waals surface area contributed by atoms with Crippen molar-refractivity contribution in [2.24, 2.45) is 5.73 Å². The van der Waals surface area contributed by atoms with E-state index in [1.54, 1.807) is 11.8 Å². The van der Waals surface area contributed by atoms with E-state index in [9.17, 15) is 4.79 Å². The van der Waals surface area contributed by atoms with E-state index < -0.39 is 0 Å². The smallest absolute Gasteiger partial charge is 0.234 e. The molecule has 0 aliphatic rings. The molecule has 0 radical (unpaired) electrons. The van der Waals surface area contributed by atoms with Gasteiger partial charge >= 0.3 is 0 Å². The zero-order chi connectivity index (χ0) is 13.5. The van der Waals surface area contributed by atoms with Crippen LogP contribution in [0.1, 0.15) is 24.5 Å². The van der Waals surface area contributed by atoms with Crippen LogP contribution in [0.5, 0.6) is 0 Å². The molecule has 0 aromatic heterocycles. The predicted octanol–water partition coefficient (Wildman–Crippen LogP) is 2.71. The fraction of sp³-hybridized carbons (Fsp3) is 0.500. The lowest BCUT2D eigenvalue weighted by molar-refractivity contribution is -0.113. The number of hydrogen-bond donors (Lipinski definition) is 2. The van der Waals surface area contributed by atoms with Gasteiger partial charge in [-0.1, -0.05) is 17.7 Å². The predicted molar refractivity (Wildman–Crippen MR) is 80.1 cm³/mol. The number of nitrogens with one attached hydrogen (secondary N) is 1. The summed E-state index contributed by atoms with van der Waals surface area (Å²) < 4.78 is 0. The molecule has 1 atom stereocenters. The molecule has 100 valence electrons. The first kappa shape index (κ1) is 15.1. The van der Waals surface area contributed by atoms with Crippen LogP contribution in [0.3, 0.4) is 0 Å². The fourth-order valence-electron chi connectivity index (χ4n) is 1.57. The lowest BCUT2D eigenvalue weighted by Crippen LogP contribution is -2.18. The molecule has 4 heteroatoms. The van der Waals surface area contributed by atoms with Crippen LogP contribution in [0, 0.1) is 13.8 Å². The van der Waals surface area contributed by atoms with Crippen LogP contribution in [-0.4, -0.2) is 23.5 Å². The summed E-state index contributed by atoms with van der Waals surface area (Å²) in [5.41, 5.74) is 8.86. The van der Waals surface area contributed by atoms with Gasteiger partial charge in [0, 0.05) is 11.7 Å². The molecule has 1 unspecified atom stereocenters. The van der Waals surface area contributed by atoms with Crippen LogP contribution in [0.25, 0.3) is 0 Å². The summed E-state index contributed by atoms with van der Waals surface area (Å²) in [7, 11) is 0. The normalized spacial score (nSPS) is 12.2. The van der Waals surface area contributed by atoms with Gasteiger partial charge in [0.1, 0.15) is 0 Å². The summed E-state index contributed by atoms with van der Waals surface area (Å²) >= 11 is 1.63. The zero-order valence-corrected chi connectivity index (χ0v) is 12.1. The Hall–Kier alpha value is -1.00. The Morgan fingerprint density at radius 1 is 1.44 bits per heavy atom. The monoisotopic (exact) mass is 266 g/mol. The topological polar surface area (TPSA) is 55.1 Å². The third-order valence-electron chi connectivity index (χ3n) is 2.61. The molecule has 0 saturated carbocycles. The van der Waals surface area contributed by atoms with Gasteiger partial charge in [-0.15, -0.1) is 0 Å². The number of anilines is 1. The van der Waals surface area contributed by atoms with Crippen LogP contribution in [-0.2, 0) is 4.79 Å². The van der Waals surface area contributed by atoms with Crippen molar-refractivity contribution in [3.63, 3.8) is 0 Å². The van der Waals surface area contributed by atoms with E-state index in [1.807, 2.05) is 32.9 Å². The van der Waals surface area contributed by atoms with Crippen molar-refractivity contribution in [3.05, 3.63) is 29.3 Å². The maximum Gasteiger partial charge on any atom is 0.234 e. The number of carbonyl (C=O) groups excluding carboxylic acids is 1. The minimum atomic E-state index is 0.0524. The molecule has 1 aromatic carbocycles. The van der Waals surface area contributed by atoms with Crippen molar-refractivity contribution in [2.75, 3.05) is 16.8 Å². The molecule has 0 aliphatic carbocycles. The van der Waals surface area contributed by atoms with Gasteiger partial charge in [0.25, 0.3) is 0 Å². The second kappa shape index (κ2) is 7.44. The molecule has 0 saturated heterocycles. The van der Waals surface area contributed by atoms with Crippen molar-refractivity contribution in [1.29, 1.82) is 0 Å². The highest BCUT2D eigenvalue weighted by molar-refractivity contribution is 7.99. The van der Waals surface area contributed by atoms with Gasteiger partial charge in [0.2, 0.25) is 5.91 Å². The lowest BCUT2D eigenvalue weighted by atomic mass is 10.1. The van der Waals surface area contributed by atoms with Crippen LogP contribution in [0.4, 0.5) is 5.69 Å². The molecule has 3 nitrogen and oxygen atoms in total. The Kier molecular flexibility index (Phi) is 6.22. The van der Waals surface area contributed by atoms with Gasteiger partial charge in [-0.05, 0) is 44.6 Å². The highest BCUT2D eigenvalue weighted by atomic mass is 32.2. The van der Waals surface area contributed by atoms with E-state index in [2.05, 4.69) is 11.4 Å². The number of thioether (sulfide) groups is 1. The number of rotatable bonds is 6. The Bertz CT molecular complexity index is 405. The summed E-state index contributed by atoms with van der Waals surface area (Å²) in [4.78, 5) is 11.7. The Morgan fingerprint density at radius 3 is 2.78 bits per heavy atom. The van der Waals surface area contributed by atoms with Gasteiger partial charge in [0.15, 0.2) is 0 Å². The molecule has 18 heavy (non-hydrogen) atoms. The first-order chi connectivity index (χ1) is 8.49. The number of aryl methyl sites for hydroxylation is 2. The molecule has 0 aliphatic heterocycles. The highest BCUT2D eigenvalue weighted by Crippen LogP contribution is 2.16. The van der Waals surface area contributed by atoms with E-state index in [4.69, 9.17) is 5.73 Å². The third-order valence-corrected chi connectivity index (χ3v) is 3.60. The molecule has 0 spiro atoms. The quantitative estimate of drug-likeness (QED) is 0.778. The van der Waals surface area contributed by atoms with Gasteiger partial charge in [-0.3, -0.25) is 4.79 Å². The van der Waals surface area contributed by atoms with Crippen LogP contribution in [0.2, 0.25) is 0 Å². The van der Waals surface area contributed by atoms with Gasteiger partial charge in [-0.2, -0.15) is 11.8 Å². The molecule has 3 N–H and O–H groups in total. The van der Waals surface area contributed by atoms with Gasteiger partial charge in [-0.25, -0.2) is 0 Å². The van der Waals surface area contributed by atoms with E-state index in [0.717, 1.165) is 23.4 Å². The Morgan fingerprint density at radius 2 is 2.17 bits per heavy atom. The fourth-order valence-corrected chi connectivity index (χ4v) is 2.51. The molecule has 0 bridgehead atoms. The maximum absolute atomic E-state index is 11.7. The Balaban J connectivity index is 2.35. The lowest BCUT2D eigenvalue weighted by Gasteiger charge is -2.09. The van der Waals surface area contributed by atoms with Crippen LogP contribution < -0.4 is 11.1 Å². The SMILES string of the molecule is Cc1ccc(NC(=O)CSCCC(C)N)c(C)c1. The van der Waals surface area contributed by atoms with E-state index in [-0.39, 0.29) is 11.9 Å². The van der Waals surface area contributed by atoms with E-state index in [1.165, 1.54) is 5.56 Å². The van der Waals surface area contributed by atoms with Crippen molar-refractivity contribution in [1.82, 2.24) is 0 Å². The summed E-state index contributed by atoms with van der Waals surface area (Å²) in [5, 5.41) is 2.93. The van der Waals surface area contributed by atoms with E-state index in [0.29, 0.717) is 5.75 Å². The largest absolute Gasteiger partial charge is 0.328 e. The highest BCUT2D eigenvalue weighted by Gasteiger charge is 2.05. The van der Waals surface area contributed by atoms with Crippen molar-refractivity contribution in [3.8, 4) is 0 Å². The molecule has 1 amide bonds. The average molecular weight is 266 g/mol. The molecule has 0 heterocycles. The molecule has 1 rings (SSSR count). The number of benzene rings is 1. The molecular formula is C14H22N2OS. The van der Waals surface area contributed by atoms with Gasteiger partial charge in [0.05, 0.1) is 5.75 Å². The van der Waals surface area contributed by atoms with Crippen LogP contribution >= 0.6 is 11.8 Å². The van der Waals surface area contributed by atoms with Gasteiger partial charge < -0.3 is 11.1 Å². The molecular weight excluding hydrogens is 244 g/mol. The number of carbonyl (C=O) groups is 1. The van der Waals surface area contributed by atoms with E-state index >= 15 is 0 Å². The average Bonchev–Trinajstić information content (AvgIpc) is 2.28.